The van der Waals surface area contributed by atoms with E-state index in [4.69, 9.17) is 25.7 Å². The van der Waals surface area contributed by atoms with Gasteiger partial charge in [-0.25, -0.2) is 4.99 Å². The predicted octanol–water partition coefficient (Wildman–Crippen LogP) is 6.09. The van der Waals surface area contributed by atoms with E-state index < -0.39 is 0 Å². The minimum Gasteiger partial charge on any atom is -0.508 e. The Labute approximate surface area is 167 Å². The molecule has 0 saturated carbocycles. The number of benzene rings is 3. The maximum Gasteiger partial charge on any atom is 0.137 e. The van der Waals surface area contributed by atoms with Crippen LogP contribution in [0.5, 0.6) is 11.5 Å². The summed E-state index contributed by atoms with van der Waals surface area (Å²) in [5.41, 5.74) is 2.23. The van der Waals surface area contributed by atoms with Crippen LogP contribution < -0.4 is 10.1 Å². The van der Waals surface area contributed by atoms with Gasteiger partial charge in [-0.2, -0.15) is 0 Å². The second-order valence-electron chi connectivity index (χ2n) is 6.23. The highest BCUT2D eigenvalue weighted by Crippen LogP contribution is 2.27. The number of halogens is 1. The highest BCUT2D eigenvalue weighted by Gasteiger charge is 2.08. The smallest absolute Gasteiger partial charge is 0.137 e. The summed E-state index contributed by atoms with van der Waals surface area (Å²) in [6, 6.07) is 21.8. The number of ether oxygens (including phenoxy) is 1. The summed E-state index contributed by atoms with van der Waals surface area (Å²) in [7, 11) is 0. The third-order valence-corrected chi connectivity index (χ3v) is 4.49. The van der Waals surface area contributed by atoms with Gasteiger partial charge in [-0.15, -0.1) is 0 Å². The van der Waals surface area contributed by atoms with E-state index in [1.165, 1.54) is 0 Å². The fraction of sp³-hybridized carbons (Fsp3) is 0.0870. The Morgan fingerprint density at radius 1 is 1.00 bits per heavy atom. The van der Waals surface area contributed by atoms with E-state index in [1.807, 2.05) is 61.5 Å². The average molecular weight is 392 g/mol. The Hall–Kier alpha value is -3.24. The molecule has 0 atom stereocenters. The van der Waals surface area contributed by atoms with Crippen molar-refractivity contribution in [2.24, 2.45) is 4.99 Å². The number of phenols is 1. The summed E-state index contributed by atoms with van der Waals surface area (Å²) >= 11 is 6.01. The molecule has 0 fully saturated rings. The van der Waals surface area contributed by atoms with Crippen LogP contribution in [0.3, 0.4) is 0 Å². The summed E-state index contributed by atoms with van der Waals surface area (Å²) < 4.78 is 11.7. The zero-order chi connectivity index (χ0) is 19.5. The van der Waals surface area contributed by atoms with Gasteiger partial charge in [-0.05, 0) is 61.5 Å². The van der Waals surface area contributed by atoms with Gasteiger partial charge in [-0.3, -0.25) is 0 Å². The van der Waals surface area contributed by atoms with E-state index in [0.29, 0.717) is 28.7 Å². The van der Waals surface area contributed by atoms with Crippen molar-refractivity contribution in [3.05, 3.63) is 83.2 Å². The van der Waals surface area contributed by atoms with Crippen LogP contribution in [0.1, 0.15) is 6.92 Å². The molecule has 0 spiro atoms. The molecule has 0 unspecified atom stereocenters. The highest BCUT2D eigenvalue weighted by molar-refractivity contribution is 6.30. The van der Waals surface area contributed by atoms with Crippen LogP contribution in [-0.4, -0.2) is 11.7 Å². The molecule has 0 aliphatic heterocycles. The average Bonchev–Trinajstić information content (AvgIpc) is 2.69. The van der Waals surface area contributed by atoms with Gasteiger partial charge >= 0.3 is 0 Å². The van der Waals surface area contributed by atoms with Crippen molar-refractivity contribution in [1.29, 1.82) is 0 Å². The van der Waals surface area contributed by atoms with Crippen molar-refractivity contribution < 1.29 is 14.3 Å². The summed E-state index contributed by atoms with van der Waals surface area (Å²) in [4.78, 5) is 4.73. The molecular formula is C23H18ClNO3. The van der Waals surface area contributed by atoms with Crippen LogP contribution in [0.2, 0.25) is 5.02 Å². The number of phenolic OH excluding ortho intramolecular Hbond substituents is 1. The van der Waals surface area contributed by atoms with Crippen LogP contribution in [-0.2, 0) is 0 Å². The minimum atomic E-state index is 0.166. The quantitative estimate of drug-likeness (QED) is 0.458. The van der Waals surface area contributed by atoms with Crippen LogP contribution in [0, 0.1) is 0 Å². The molecule has 4 aromatic rings. The summed E-state index contributed by atoms with van der Waals surface area (Å²) in [6.45, 7) is 2.51. The normalized spacial score (nSPS) is 11.7. The van der Waals surface area contributed by atoms with Crippen LogP contribution in [0.15, 0.2) is 82.2 Å². The second-order valence-corrected chi connectivity index (χ2v) is 6.66. The van der Waals surface area contributed by atoms with Gasteiger partial charge in [0.05, 0.1) is 17.7 Å². The standard InChI is InChI=1S/C23H18ClNO3/c1-2-27-19-10-11-22-20(13-19)21(25-17-4-3-5-18(26)12-17)14-23(28-22)15-6-8-16(24)9-7-15/h3-14,26H,2H2,1H3. The van der Waals surface area contributed by atoms with Gasteiger partial charge in [0, 0.05) is 28.1 Å². The van der Waals surface area contributed by atoms with Gasteiger partial charge in [0.15, 0.2) is 0 Å². The largest absolute Gasteiger partial charge is 0.508 e. The molecule has 0 aliphatic rings. The molecule has 140 valence electrons. The number of aromatic hydroxyl groups is 1. The van der Waals surface area contributed by atoms with Gasteiger partial charge in [0.1, 0.15) is 22.8 Å². The first-order valence-corrected chi connectivity index (χ1v) is 9.30. The minimum absolute atomic E-state index is 0.166. The molecular weight excluding hydrogens is 374 g/mol. The Kier molecular flexibility index (Phi) is 5.04. The molecule has 1 heterocycles. The summed E-state index contributed by atoms with van der Waals surface area (Å²) in [5, 5.41) is 12.0. The van der Waals surface area contributed by atoms with Gasteiger partial charge < -0.3 is 14.3 Å². The van der Waals surface area contributed by atoms with Crippen molar-refractivity contribution in [2.75, 3.05) is 6.61 Å². The lowest BCUT2D eigenvalue weighted by Gasteiger charge is -2.08. The zero-order valence-electron chi connectivity index (χ0n) is 15.2. The van der Waals surface area contributed by atoms with Crippen molar-refractivity contribution in [3.8, 4) is 22.8 Å². The van der Waals surface area contributed by atoms with Crippen molar-refractivity contribution >= 4 is 28.3 Å². The maximum atomic E-state index is 9.77. The Morgan fingerprint density at radius 3 is 2.57 bits per heavy atom. The van der Waals surface area contributed by atoms with E-state index in [9.17, 15) is 5.11 Å². The lowest BCUT2D eigenvalue weighted by atomic mass is 10.1. The molecule has 1 aromatic heterocycles. The Morgan fingerprint density at radius 2 is 1.82 bits per heavy atom. The number of hydrogen-bond acceptors (Lipinski definition) is 4. The Balaban J connectivity index is 1.97. The molecule has 0 aliphatic carbocycles. The van der Waals surface area contributed by atoms with Crippen molar-refractivity contribution in [3.63, 3.8) is 0 Å². The molecule has 4 nitrogen and oxygen atoms in total. The molecule has 0 amide bonds. The first-order chi connectivity index (χ1) is 13.6. The van der Waals surface area contributed by atoms with Gasteiger partial charge in [0.25, 0.3) is 0 Å². The summed E-state index contributed by atoms with van der Waals surface area (Å²) in [6.07, 6.45) is 0. The summed E-state index contributed by atoms with van der Waals surface area (Å²) in [5.74, 6) is 1.59. The molecule has 0 saturated heterocycles. The van der Waals surface area contributed by atoms with Crippen LogP contribution in [0.25, 0.3) is 22.3 Å². The number of rotatable bonds is 4. The molecule has 28 heavy (non-hydrogen) atoms. The van der Waals surface area contributed by atoms with Gasteiger partial charge in [-0.1, -0.05) is 17.7 Å². The third kappa shape index (κ3) is 3.87. The molecule has 3 aromatic carbocycles. The fourth-order valence-electron chi connectivity index (χ4n) is 2.96. The molecule has 5 heteroatoms. The van der Waals surface area contributed by atoms with Gasteiger partial charge in [0.2, 0.25) is 0 Å². The fourth-order valence-corrected chi connectivity index (χ4v) is 3.08. The predicted molar refractivity (Wildman–Crippen MR) is 111 cm³/mol. The first-order valence-electron chi connectivity index (χ1n) is 8.93. The second kappa shape index (κ2) is 7.79. The molecule has 1 N–H and O–H groups in total. The number of nitrogens with zero attached hydrogens (tertiary/aromatic N) is 1. The highest BCUT2D eigenvalue weighted by atomic mass is 35.5. The van der Waals surface area contributed by atoms with Crippen LogP contribution in [0.4, 0.5) is 5.69 Å². The van der Waals surface area contributed by atoms with Crippen molar-refractivity contribution in [2.45, 2.75) is 6.92 Å². The maximum absolute atomic E-state index is 9.77. The van der Waals surface area contributed by atoms with E-state index in [0.717, 1.165) is 22.1 Å². The lowest BCUT2D eigenvalue weighted by Crippen LogP contribution is -2.04. The first kappa shape index (κ1) is 18.1. The lowest BCUT2D eigenvalue weighted by molar-refractivity contribution is 0.340. The molecule has 4 rings (SSSR count). The third-order valence-electron chi connectivity index (χ3n) is 4.23. The monoisotopic (exact) mass is 391 g/mol. The molecule has 0 bridgehead atoms. The zero-order valence-corrected chi connectivity index (χ0v) is 16.0. The van der Waals surface area contributed by atoms with E-state index in [2.05, 4.69) is 0 Å². The van der Waals surface area contributed by atoms with E-state index in [1.54, 1.807) is 18.2 Å². The van der Waals surface area contributed by atoms with Crippen LogP contribution >= 0.6 is 11.6 Å². The van der Waals surface area contributed by atoms with E-state index in [-0.39, 0.29) is 5.75 Å². The molecule has 0 radical (unpaired) electrons. The number of hydrogen-bond donors (Lipinski definition) is 1. The van der Waals surface area contributed by atoms with Crippen molar-refractivity contribution in [1.82, 2.24) is 0 Å². The van der Waals surface area contributed by atoms with E-state index >= 15 is 0 Å². The topological polar surface area (TPSA) is 55.0 Å². The number of fused-ring (bicyclic) bond motifs is 1. The SMILES string of the molecule is CCOc1ccc2oc(-c3ccc(Cl)cc3)cc(=Nc3cccc(O)c3)c2c1. The Bertz CT molecular complexity index is 1200.